The van der Waals surface area contributed by atoms with Crippen molar-refractivity contribution in [2.45, 2.75) is 32.1 Å². The quantitative estimate of drug-likeness (QED) is 0.249. The van der Waals surface area contributed by atoms with E-state index in [4.69, 9.17) is 9.47 Å². The molecule has 2 aromatic heterocycles. The number of aromatic amines is 2. The number of methoxy groups -OCH3 is 2. The number of rotatable bonds is 12. The van der Waals surface area contributed by atoms with E-state index < -0.39 is 0 Å². The van der Waals surface area contributed by atoms with E-state index in [0.29, 0.717) is 32.4 Å². The van der Waals surface area contributed by atoms with Crippen LogP contribution in [0.5, 0.6) is 11.5 Å². The molecule has 0 aliphatic rings. The molecule has 0 unspecified atom stereocenters. The summed E-state index contributed by atoms with van der Waals surface area (Å²) in [5, 5.41) is 8.15. The summed E-state index contributed by atoms with van der Waals surface area (Å²) in [5.74, 6) is 1.55. The van der Waals surface area contributed by atoms with Crippen LogP contribution in [0.2, 0.25) is 0 Å². The van der Waals surface area contributed by atoms with Gasteiger partial charge in [-0.1, -0.05) is 0 Å². The van der Waals surface area contributed by atoms with Crippen molar-refractivity contribution in [1.29, 1.82) is 0 Å². The largest absolute Gasteiger partial charge is 0.497 e. The van der Waals surface area contributed by atoms with E-state index in [1.807, 2.05) is 48.8 Å². The number of amides is 2. The Labute approximate surface area is 204 Å². The summed E-state index contributed by atoms with van der Waals surface area (Å²) >= 11 is 0. The second-order valence-corrected chi connectivity index (χ2v) is 8.50. The lowest BCUT2D eigenvalue weighted by Gasteiger charge is -2.07. The average molecular weight is 477 g/mol. The van der Waals surface area contributed by atoms with Crippen molar-refractivity contribution in [2.75, 3.05) is 27.3 Å². The zero-order valence-corrected chi connectivity index (χ0v) is 20.2. The lowest BCUT2D eigenvalue weighted by molar-refractivity contribution is -0.122. The summed E-state index contributed by atoms with van der Waals surface area (Å²) in [7, 11) is 3.29. The molecular weight excluding hydrogens is 444 g/mol. The Morgan fingerprint density at radius 1 is 0.743 bits per heavy atom. The maximum atomic E-state index is 12.2. The molecule has 0 radical (unpaired) electrons. The summed E-state index contributed by atoms with van der Waals surface area (Å²) in [6.07, 6.45) is 6.60. The Balaban J connectivity index is 1.11. The molecule has 0 bridgehead atoms. The van der Waals surface area contributed by atoms with Gasteiger partial charge in [0.1, 0.15) is 11.5 Å². The summed E-state index contributed by atoms with van der Waals surface area (Å²) in [5.41, 5.74) is 4.33. The van der Waals surface area contributed by atoms with E-state index in [1.165, 1.54) is 0 Å². The minimum atomic E-state index is -0.0338. The van der Waals surface area contributed by atoms with Gasteiger partial charge in [-0.05, 0) is 54.7 Å². The van der Waals surface area contributed by atoms with Crippen molar-refractivity contribution < 1.29 is 19.1 Å². The van der Waals surface area contributed by atoms with Gasteiger partial charge in [-0.15, -0.1) is 0 Å². The molecule has 35 heavy (non-hydrogen) atoms. The minimum absolute atomic E-state index is 0.0338. The van der Waals surface area contributed by atoms with Gasteiger partial charge < -0.3 is 30.1 Å². The van der Waals surface area contributed by atoms with Crippen molar-refractivity contribution in [3.63, 3.8) is 0 Å². The third-order valence-corrected chi connectivity index (χ3v) is 6.19. The maximum Gasteiger partial charge on any atom is 0.220 e. The molecule has 4 N–H and O–H groups in total. The van der Waals surface area contributed by atoms with Crippen LogP contribution in [0.4, 0.5) is 0 Å². The van der Waals surface area contributed by atoms with Crippen LogP contribution in [0.15, 0.2) is 48.8 Å². The van der Waals surface area contributed by atoms with E-state index in [-0.39, 0.29) is 11.8 Å². The monoisotopic (exact) mass is 476 g/mol. The van der Waals surface area contributed by atoms with Crippen molar-refractivity contribution in [2.24, 2.45) is 0 Å². The van der Waals surface area contributed by atoms with Gasteiger partial charge in [0, 0.05) is 72.3 Å². The standard InChI is InChI=1S/C27H32N4O4/c1-34-20-6-8-22-18(16-30-24(22)14-20)10-12-28-26(32)4-3-5-27(33)29-13-11-19-17-31-25-15-21(35-2)7-9-23(19)25/h6-9,14-17,30-31H,3-5,10-13H2,1-2H3,(H,28,32)(H,29,33). The van der Waals surface area contributed by atoms with E-state index >= 15 is 0 Å². The van der Waals surface area contributed by atoms with Gasteiger partial charge in [0.2, 0.25) is 11.8 Å². The second kappa shape index (κ2) is 11.5. The Morgan fingerprint density at radius 2 is 1.20 bits per heavy atom. The number of carbonyl (C=O) groups is 2. The fourth-order valence-electron chi connectivity index (χ4n) is 4.26. The summed E-state index contributed by atoms with van der Waals surface area (Å²) in [6, 6.07) is 11.8. The van der Waals surface area contributed by atoms with E-state index in [2.05, 4.69) is 20.6 Å². The molecule has 8 heteroatoms. The highest BCUT2D eigenvalue weighted by atomic mass is 16.5. The first-order valence-corrected chi connectivity index (χ1v) is 11.9. The first-order chi connectivity index (χ1) is 17.1. The molecule has 8 nitrogen and oxygen atoms in total. The second-order valence-electron chi connectivity index (χ2n) is 8.50. The summed E-state index contributed by atoms with van der Waals surface area (Å²) in [4.78, 5) is 30.8. The number of ether oxygens (including phenoxy) is 2. The fraction of sp³-hybridized carbons (Fsp3) is 0.333. The van der Waals surface area contributed by atoms with E-state index in [9.17, 15) is 9.59 Å². The number of aromatic nitrogens is 2. The number of hydrogen-bond acceptors (Lipinski definition) is 4. The van der Waals surface area contributed by atoms with Crippen LogP contribution >= 0.6 is 0 Å². The normalized spacial score (nSPS) is 11.0. The molecule has 2 aromatic carbocycles. The van der Waals surface area contributed by atoms with Crippen molar-refractivity contribution in [3.8, 4) is 11.5 Å². The van der Waals surface area contributed by atoms with Crippen LogP contribution in [-0.2, 0) is 22.4 Å². The Hall–Kier alpha value is -3.94. The lowest BCUT2D eigenvalue weighted by Crippen LogP contribution is -2.27. The van der Waals surface area contributed by atoms with Gasteiger partial charge in [0.25, 0.3) is 0 Å². The molecule has 0 atom stereocenters. The lowest BCUT2D eigenvalue weighted by atomic mass is 10.1. The smallest absolute Gasteiger partial charge is 0.220 e. The molecule has 2 heterocycles. The van der Waals surface area contributed by atoms with Crippen LogP contribution in [0, 0.1) is 0 Å². The molecule has 0 aliphatic carbocycles. The van der Waals surface area contributed by atoms with E-state index in [1.54, 1.807) is 14.2 Å². The molecule has 2 amide bonds. The number of hydrogen-bond donors (Lipinski definition) is 4. The van der Waals surface area contributed by atoms with Crippen LogP contribution in [-0.4, -0.2) is 49.1 Å². The molecule has 0 saturated carbocycles. The zero-order valence-electron chi connectivity index (χ0n) is 20.2. The predicted octanol–water partition coefficient (Wildman–Crippen LogP) is 3.85. The van der Waals surface area contributed by atoms with Crippen LogP contribution < -0.4 is 20.1 Å². The number of fused-ring (bicyclic) bond motifs is 2. The molecule has 0 aliphatic heterocycles. The molecule has 0 spiro atoms. The number of benzene rings is 2. The maximum absolute atomic E-state index is 12.2. The molecule has 4 rings (SSSR count). The predicted molar refractivity (Wildman–Crippen MR) is 137 cm³/mol. The highest BCUT2D eigenvalue weighted by Crippen LogP contribution is 2.24. The topological polar surface area (TPSA) is 108 Å². The van der Waals surface area contributed by atoms with Gasteiger partial charge in [0.15, 0.2) is 0 Å². The Morgan fingerprint density at radius 3 is 1.63 bits per heavy atom. The third-order valence-electron chi connectivity index (χ3n) is 6.19. The number of H-pyrrole nitrogens is 2. The Bertz CT molecular complexity index is 1210. The van der Waals surface area contributed by atoms with Crippen LogP contribution in [0.25, 0.3) is 21.8 Å². The first-order valence-electron chi connectivity index (χ1n) is 11.9. The molecule has 0 fully saturated rings. The summed E-state index contributed by atoms with van der Waals surface area (Å²) < 4.78 is 10.5. The average Bonchev–Trinajstić information content (AvgIpc) is 3.47. The zero-order chi connectivity index (χ0) is 24.6. The highest BCUT2D eigenvalue weighted by molar-refractivity contribution is 5.85. The Kier molecular flexibility index (Phi) is 7.92. The third kappa shape index (κ3) is 6.15. The molecule has 4 aromatic rings. The number of carbonyl (C=O) groups excluding carboxylic acids is 2. The van der Waals surface area contributed by atoms with Crippen molar-refractivity contribution in [3.05, 3.63) is 59.9 Å². The summed E-state index contributed by atoms with van der Waals surface area (Å²) in [6.45, 7) is 1.11. The van der Waals surface area contributed by atoms with Gasteiger partial charge >= 0.3 is 0 Å². The van der Waals surface area contributed by atoms with Gasteiger partial charge in [-0.25, -0.2) is 0 Å². The molecule has 184 valence electrons. The minimum Gasteiger partial charge on any atom is -0.497 e. The fourth-order valence-corrected chi connectivity index (χ4v) is 4.26. The first kappa shape index (κ1) is 24.2. The van der Waals surface area contributed by atoms with Gasteiger partial charge in [-0.3, -0.25) is 9.59 Å². The number of nitrogens with one attached hydrogen (secondary N) is 4. The van der Waals surface area contributed by atoms with E-state index in [0.717, 1.165) is 57.3 Å². The molecule has 0 saturated heterocycles. The molecular formula is C27H32N4O4. The van der Waals surface area contributed by atoms with Crippen molar-refractivity contribution >= 4 is 33.6 Å². The highest BCUT2D eigenvalue weighted by Gasteiger charge is 2.09. The van der Waals surface area contributed by atoms with Gasteiger partial charge in [0.05, 0.1) is 14.2 Å². The van der Waals surface area contributed by atoms with Crippen LogP contribution in [0.3, 0.4) is 0 Å². The van der Waals surface area contributed by atoms with Gasteiger partial charge in [-0.2, -0.15) is 0 Å². The SMILES string of the molecule is COc1ccc2c(CCNC(=O)CCCC(=O)NCCc3c[nH]c4cc(OC)ccc34)c[nH]c2c1. The van der Waals surface area contributed by atoms with Crippen LogP contribution in [0.1, 0.15) is 30.4 Å². The van der Waals surface area contributed by atoms with Crippen molar-refractivity contribution in [1.82, 2.24) is 20.6 Å².